The number of fused-ring (bicyclic) bond motifs is 1. The number of benzene rings is 1. The van der Waals surface area contributed by atoms with Gasteiger partial charge in [0.2, 0.25) is 0 Å². The quantitative estimate of drug-likeness (QED) is 0.487. The third-order valence-electron chi connectivity index (χ3n) is 4.22. The van der Waals surface area contributed by atoms with Crippen molar-refractivity contribution < 1.29 is 5.21 Å². The van der Waals surface area contributed by atoms with Crippen molar-refractivity contribution in [2.75, 3.05) is 20.6 Å². The number of aliphatic imine (C=N–C) groups is 1. The molecule has 0 saturated carbocycles. The zero-order chi connectivity index (χ0) is 17.8. The van der Waals surface area contributed by atoms with Crippen LogP contribution in [0.15, 0.2) is 46.7 Å². The highest BCUT2D eigenvalue weighted by atomic mass is 35.5. The Morgan fingerprint density at radius 3 is 2.88 bits per heavy atom. The van der Waals surface area contributed by atoms with E-state index in [2.05, 4.69) is 20.0 Å². The second-order valence-electron chi connectivity index (χ2n) is 6.42. The fourth-order valence-electron chi connectivity index (χ4n) is 2.94. The molecule has 25 heavy (non-hydrogen) atoms. The topological polar surface area (TPSA) is 61.1 Å². The number of hydrogen-bond acceptors (Lipinski definition) is 5. The molecule has 5 nitrogen and oxygen atoms in total. The minimum Gasteiger partial charge on any atom is -0.411 e. The molecule has 1 aromatic carbocycles. The zero-order valence-electron chi connectivity index (χ0n) is 14.4. The minimum absolute atomic E-state index is 0.501. The zero-order valence-corrected chi connectivity index (χ0v) is 15.2. The van der Waals surface area contributed by atoms with Crippen LogP contribution in [0.3, 0.4) is 0 Å². The lowest BCUT2D eigenvalue weighted by Gasteiger charge is -2.10. The first-order chi connectivity index (χ1) is 12.1. The molecule has 0 spiro atoms. The summed E-state index contributed by atoms with van der Waals surface area (Å²) in [4.78, 5) is 11.2. The fraction of sp³-hybridized carbons (Fsp3) is 0.316. The molecular formula is C19H21ClN4O. The van der Waals surface area contributed by atoms with Crippen LogP contribution < -0.4 is 0 Å². The summed E-state index contributed by atoms with van der Waals surface area (Å²) in [6, 6.07) is 9.47. The lowest BCUT2D eigenvalue weighted by atomic mass is 9.96. The number of hydrogen-bond donors (Lipinski definition) is 1. The number of pyridine rings is 1. The molecule has 1 aromatic heterocycles. The summed E-state index contributed by atoms with van der Waals surface area (Å²) in [6.45, 7) is 0.950. The molecule has 0 bridgehead atoms. The third kappa shape index (κ3) is 4.24. The molecule has 1 N–H and O–H groups in total. The Bertz CT molecular complexity index is 830. The number of halogens is 1. The Morgan fingerprint density at radius 1 is 1.32 bits per heavy atom. The molecule has 0 unspecified atom stereocenters. The van der Waals surface area contributed by atoms with Gasteiger partial charge in [-0.05, 0) is 44.3 Å². The van der Waals surface area contributed by atoms with Crippen molar-refractivity contribution in [3.63, 3.8) is 0 Å². The summed E-state index contributed by atoms with van der Waals surface area (Å²) >= 11 is 6.06. The van der Waals surface area contributed by atoms with Crippen LogP contribution in [0.2, 0.25) is 5.02 Å². The second kappa shape index (κ2) is 7.76. The molecule has 3 rings (SSSR count). The summed E-state index contributed by atoms with van der Waals surface area (Å²) in [7, 11) is 4.10. The number of oxime groups is 1. The average molecular weight is 357 g/mol. The first-order valence-corrected chi connectivity index (χ1v) is 8.59. The van der Waals surface area contributed by atoms with E-state index in [0.29, 0.717) is 17.2 Å². The predicted molar refractivity (Wildman–Crippen MR) is 102 cm³/mol. The highest BCUT2D eigenvalue weighted by Crippen LogP contribution is 2.29. The lowest BCUT2D eigenvalue weighted by Crippen LogP contribution is -2.17. The van der Waals surface area contributed by atoms with Crippen LogP contribution in [0.25, 0.3) is 0 Å². The van der Waals surface area contributed by atoms with Gasteiger partial charge in [-0.25, -0.2) is 9.98 Å². The molecule has 0 fully saturated rings. The van der Waals surface area contributed by atoms with Crippen LogP contribution in [0.1, 0.15) is 23.1 Å². The Hall–Kier alpha value is -2.24. The number of rotatable bonds is 6. The molecule has 0 atom stereocenters. The molecule has 0 amide bonds. The van der Waals surface area contributed by atoms with E-state index >= 15 is 0 Å². The maximum Gasteiger partial charge on any atom is 0.155 e. The SMILES string of the molecule is CN(C)CCC1=Nc2nccc(/C(Cc3cccc(Cl)c3)=N/O)c2C1. The van der Waals surface area contributed by atoms with Crippen LogP contribution in [0, 0.1) is 0 Å². The van der Waals surface area contributed by atoms with E-state index in [1.54, 1.807) is 6.20 Å². The minimum atomic E-state index is 0.501. The molecule has 6 heteroatoms. The largest absolute Gasteiger partial charge is 0.411 e. The van der Waals surface area contributed by atoms with Crippen molar-refractivity contribution in [2.24, 2.45) is 10.1 Å². The summed E-state index contributed by atoms with van der Waals surface area (Å²) in [6.07, 6.45) is 3.87. The molecule has 130 valence electrons. The molecular weight excluding hydrogens is 336 g/mol. The van der Waals surface area contributed by atoms with Crippen LogP contribution in [0.5, 0.6) is 0 Å². The van der Waals surface area contributed by atoms with Gasteiger partial charge >= 0.3 is 0 Å². The van der Waals surface area contributed by atoms with Crippen molar-refractivity contribution in [3.8, 4) is 0 Å². The first-order valence-electron chi connectivity index (χ1n) is 8.21. The molecule has 0 radical (unpaired) electrons. The van der Waals surface area contributed by atoms with Gasteiger partial charge in [-0.1, -0.05) is 28.9 Å². The van der Waals surface area contributed by atoms with Gasteiger partial charge in [-0.2, -0.15) is 0 Å². The summed E-state index contributed by atoms with van der Waals surface area (Å²) < 4.78 is 0. The average Bonchev–Trinajstić information content (AvgIpc) is 3.01. The number of nitrogens with zero attached hydrogens (tertiary/aromatic N) is 4. The highest BCUT2D eigenvalue weighted by molar-refractivity contribution is 6.30. The standard InChI is InChI=1S/C19H21ClN4O/c1-24(2)9-7-15-12-17-16(6-8-21-19(17)22-15)18(23-25)11-13-4-3-5-14(20)10-13/h3-6,8,10,25H,7,9,11-12H2,1-2H3/b23-18+. The third-order valence-corrected chi connectivity index (χ3v) is 4.45. The predicted octanol–water partition coefficient (Wildman–Crippen LogP) is 3.74. The summed E-state index contributed by atoms with van der Waals surface area (Å²) in [5, 5.41) is 13.8. The summed E-state index contributed by atoms with van der Waals surface area (Å²) in [5.74, 6) is 0.735. The molecule has 2 heterocycles. The monoisotopic (exact) mass is 356 g/mol. The smallest absolute Gasteiger partial charge is 0.155 e. The van der Waals surface area contributed by atoms with Gasteiger partial charge in [-0.15, -0.1) is 0 Å². The van der Waals surface area contributed by atoms with Crippen LogP contribution >= 0.6 is 11.6 Å². The van der Waals surface area contributed by atoms with Crippen LogP contribution in [-0.2, 0) is 12.8 Å². The van der Waals surface area contributed by atoms with Crippen molar-refractivity contribution in [3.05, 3.63) is 58.2 Å². The Labute approximate surface area is 152 Å². The molecule has 2 aromatic rings. The van der Waals surface area contributed by atoms with Gasteiger partial charge in [0.05, 0.1) is 5.71 Å². The first kappa shape index (κ1) is 17.6. The van der Waals surface area contributed by atoms with E-state index < -0.39 is 0 Å². The van der Waals surface area contributed by atoms with E-state index in [9.17, 15) is 5.21 Å². The van der Waals surface area contributed by atoms with E-state index in [4.69, 9.17) is 11.6 Å². The fourth-order valence-corrected chi connectivity index (χ4v) is 3.15. The Kier molecular flexibility index (Phi) is 5.46. The lowest BCUT2D eigenvalue weighted by molar-refractivity contribution is 0.318. The van der Waals surface area contributed by atoms with Crippen molar-refractivity contribution in [1.29, 1.82) is 0 Å². The molecule has 0 aliphatic carbocycles. The van der Waals surface area contributed by atoms with E-state index in [-0.39, 0.29) is 0 Å². The molecule has 0 saturated heterocycles. The van der Waals surface area contributed by atoms with E-state index in [0.717, 1.165) is 47.6 Å². The van der Waals surface area contributed by atoms with Crippen LogP contribution in [-0.4, -0.2) is 47.2 Å². The van der Waals surface area contributed by atoms with E-state index in [1.807, 2.05) is 44.4 Å². The Balaban J connectivity index is 1.82. The molecule has 1 aliphatic rings. The van der Waals surface area contributed by atoms with Gasteiger partial charge < -0.3 is 10.1 Å². The second-order valence-corrected chi connectivity index (χ2v) is 6.86. The van der Waals surface area contributed by atoms with Crippen LogP contribution in [0.4, 0.5) is 5.82 Å². The van der Waals surface area contributed by atoms with Crippen molar-refractivity contribution in [2.45, 2.75) is 19.3 Å². The van der Waals surface area contributed by atoms with Crippen molar-refractivity contribution >= 4 is 28.8 Å². The van der Waals surface area contributed by atoms with Crippen molar-refractivity contribution in [1.82, 2.24) is 9.88 Å². The van der Waals surface area contributed by atoms with Gasteiger partial charge in [0.1, 0.15) is 0 Å². The van der Waals surface area contributed by atoms with Gasteiger partial charge in [0, 0.05) is 47.4 Å². The Morgan fingerprint density at radius 2 is 2.16 bits per heavy atom. The highest BCUT2D eigenvalue weighted by Gasteiger charge is 2.22. The summed E-state index contributed by atoms with van der Waals surface area (Å²) in [5.41, 5.74) is 4.65. The number of aromatic nitrogens is 1. The maximum absolute atomic E-state index is 9.57. The molecule has 1 aliphatic heterocycles. The van der Waals surface area contributed by atoms with E-state index in [1.165, 1.54) is 0 Å². The van der Waals surface area contributed by atoms with Gasteiger partial charge in [0.25, 0.3) is 0 Å². The van der Waals surface area contributed by atoms with Gasteiger partial charge in [-0.3, -0.25) is 0 Å². The normalized spacial score (nSPS) is 13.9. The maximum atomic E-state index is 9.57. The van der Waals surface area contributed by atoms with Gasteiger partial charge in [0.15, 0.2) is 5.82 Å².